The lowest BCUT2D eigenvalue weighted by Gasteiger charge is -2.34. The normalized spacial score (nSPS) is 17.5. The minimum absolute atomic E-state index is 0.0197. The van der Waals surface area contributed by atoms with Crippen LogP contribution in [0.25, 0.3) is 0 Å². The van der Waals surface area contributed by atoms with Gasteiger partial charge in [0.15, 0.2) is 0 Å². The second-order valence-corrected chi connectivity index (χ2v) is 7.72. The highest BCUT2D eigenvalue weighted by Gasteiger charge is 2.31. The highest BCUT2D eigenvalue weighted by Crippen LogP contribution is 2.33. The van der Waals surface area contributed by atoms with Gasteiger partial charge in [-0.2, -0.15) is 13.2 Å². The number of nitrogens with zero attached hydrogens (tertiary/aromatic N) is 2. The number of halogens is 4. The molecule has 11 heteroatoms. The number of nitrogens with two attached hydrogens (primary N) is 1. The number of piperidine rings is 1. The van der Waals surface area contributed by atoms with Crippen LogP contribution in [0.3, 0.4) is 0 Å². The SMILES string of the molecule is CN=C(N[C@H]1CCCN(C(=O)CNc2cc(Cl)cc(C(F)(F)F)c2)C1)c1cc[nH]c1N. The van der Waals surface area contributed by atoms with Crippen LogP contribution in [0.4, 0.5) is 24.7 Å². The van der Waals surface area contributed by atoms with E-state index in [2.05, 4.69) is 20.6 Å². The average molecular weight is 457 g/mol. The first-order valence-corrected chi connectivity index (χ1v) is 10.1. The molecule has 0 bridgehead atoms. The Kier molecular flexibility index (Phi) is 6.99. The van der Waals surface area contributed by atoms with Gasteiger partial charge >= 0.3 is 6.18 Å². The van der Waals surface area contributed by atoms with E-state index in [0.717, 1.165) is 30.5 Å². The Bertz CT molecular complexity index is 959. The summed E-state index contributed by atoms with van der Waals surface area (Å²) in [5, 5.41) is 6.03. The fourth-order valence-electron chi connectivity index (χ4n) is 3.51. The van der Waals surface area contributed by atoms with Crippen LogP contribution in [0.15, 0.2) is 35.5 Å². The van der Waals surface area contributed by atoms with Crippen LogP contribution in [0.1, 0.15) is 24.0 Å². The number of H-pyrrole nitrogens is 1. The minimum atomic E-state index is -4.52. The number of nitrogen functional groups attached to an aromatic ring is 1. The van der Waals surface area contributed by atoms with Crippen LogP contribution < -0.4 is 16.4 Å². The summed E-state index contributed by atoms with van der Waals surface area (Å²) in [4.78, 5) is 21.5. The topological polar surface area (TPSA) is 98.5 Å². The lowest BCUT2D eigenvalue weighted by Crippen LogP contribution is -2.51. The van der Waals surface area contributed by atoms with Crippen molar-refractivity contribution in [3.63, 3.8) is 0 Å². The van der Waals surface area contributed by atoms with Crippen LogP contribution in [0.2, 0.25) is 5.02 Å². The standard InChI is InChI=1S/C20H24ClF3N6O/c1-26-19(16-4-5-27-18(16)25)29-14-3-2-6-30(11-14)17(31)10-28-15-8-12(20(22,23)24)7-13(21)9-15/h4-5,7-9,14,27-28H,2-3,6,10-11,25H2,1H3,(H,26,29)/t14-/m0/s1. The van der Waals surface area contributed by atoms with Gasteiger partial charge in [0.25, 0.3) is 0 Å². The van der Waals surface area contributed by atoms with Gasteiger partial charge in [-0.3, -0.25) is 9.79 Å². The molecule has 0 aliphatic carbocycles. The molecule has 0 spiro atoms. The predicted molar refractivity (Wildman–Crippen MR) is 115 cm³/mol. The second kappa shape index (κ2) is 9.51. The molecule has 1 fully saturated rings. The van der Waals surface area contributed by atoms with Gasteiger partial charge < -0.3 is 26.3 Å². The molecule has 0 saturated carbocycles. The van der Waals surface area contributed by atoms with E-state index in [1.165, 1.54) is 6.07 Å². The number of alkyl halides is 3. The van der Waals surface area contributed by atoms with Crippen molar-refractivity contribution in [1.29, 1.82) is 0 Å². The molecule has 2 aromatic rings. The van der Waals surface area contributed by atoms with E-state index >= 15 is 0 Å². The van der Waals surface area contributed by atoms with Crippen molar-refractivity contribution in [1.82, 2.24) is 15.2 Å². The molecule has 0 unspecified atom stereocenters. The highest BCUT2D eigenvalue weighted by molar-refractivity contribution is 6.31. The van der Waals surface area contributed by atoms with Gasteiger partial charge in [-0.1, -0.05) is 11.6 Å². The third-order valence-corrected chi connectivity index (χ3v) is 5.26. The summed E-state index contributed by atoms with van der Waals surface area (Å²) < 4.78 is 38.9. The van der Waals surface area contributed by atoms with Gasteiger partial charge in [-0.05, 0) is 37.1 Å². The molecule has 7 nitrogen and oxygen atoms in total. The number of carbonyl (C=O) groups is 1. The number of aromatic amines is 1. The van der Waals surface area contributed by atoms with E-state index in [4.69, 9.17) is 17.3 Å². The number of benzene rings is 1. The fourth-order valence-corrected chi connectivity index (χ4v) is 3.75. The monoisotopic (exact) mass is 456 g/mol. The van der Waals surface area contributed by atoms with Crippen LogP contribution in [0.5, 0.6) is 0 Å². The van der Waals surface area contributed by atoms with Gasteiger partial charge in [0, 0.05) is 43.1 Å². The van der Waals surface area contributed by atoms with Crippen molar-refractivity contribution in [2.24, 2.45) is 4.99 Å². The molecule has 1 aliphatic rings. The van der Waals surface area contributed by atoms with Crippen LogP contribution in [-0.4, -0.2) is 54.4 Å². The molecule has 168 valence electrons. The number of amides is 1. The Labute approximate surface area is 182 Å². The molecule has 1 aromatic carbocycles. The quantitative estimate of drug-likeness (QED) is 0.409. The molecule has 0 radical (unpaired) electrons. The molecule has 1 amide bonds. The van der Waals surface area contributed by atoms with E-state index < -0.39 is 11.7 Å². The zero-order valence-electron chi connectivity index (χ0n) is 16.9. The Morgan fingerprint density at radius 3 is 2.81 bits per heavy atom. The fraction of sp³-hybridized carbons (Fsp3) is 0.400. The van der Waals surface area contributed by atoms with Crippen LogP contribution in [-0.2, 0) is 11.0 Å². The molecule has 1 aromatic heterocycles. The molecule has 1 atom stereocenters. The molecule has 1 saturated heterocycles. The maximum absolute atomic E-state index is 13.0. The third kappa shape index (κ3) is 5.84. The number of hydrogen-bond donors (Lipinski definition) is 4. The number of carbonyl (C=O) groups excluding carboxylic acids is 1. The number of anilines is 2. The van der Waals surface area contributed by atoms with E-state index in [9.17, 15) is 18.0 Å². The summed E-state index contributed by atoms with van der Waals surface area (Å²) >= 11 is 5.79. The molecule has 2 heterocycles. The van der Waals surface area contributed by atoms with Gasteiger partial charge in [-0.15, -0.1) is 0 Å². The summed E-state index contributed by atoms with van der Waals surface area (Å²) in [7, 11) is 1.66. The Morgan fingerprint density at radius 1 is 1.39 bits per heavy atom. The van der Waals surface area contributed by atoms with E-state index in [1.54, 1.807) is 18.1 Å². The molecule has 5 N–H and O–H groups in total. The Morgan fingerprint density at radius 2 is 2.16 bits per heavy atom. The Hall–Kier alpha value is -2.88. The highest BCUT2D eigenvalue weighted by atomic mass is 35.5. The number of aliphatic imine (C=N–C) groups is 1. The first-order valence-electron chi connectivity index (χ1n) is 9.73. The molecule has 31 heavy (non-hydrogen) atoms. The van der Waals surface area contributed by atoms with Gasteiger partial charge in [-0.25, -0.2) is 0 Å². The predicted octanol–water partition coefficient (Wildman–Crippen LogP) is 3.34. The number of rotatable bonds is 5. The van der Waals surface area contributed by atoms with E-state index in [-0.39, 0.29) is 29.2 Å². The summed E-state index contributed by atoms with van der Waals surface area (Å²) in [5.41, 5.74) is 5.94. The van der Waals surface area contributed by atoms with Gasteiger partial charge in [0.2, 0.25) is 5.91 Å². The third-order valence-electron chi connectivity index (χ3n) is 5.04. The summed E-state index contributed by atoms with van der Waals surface area (Å²) in [6, 6.07) is 4.94. The first kappa shape index (κ1) is 22.8. The van der Waals surface area contributed by atoms with Crippen molar-refractivity contribution in [2.45, 2.75) is 25.1 Å². The van der Waals surface area contributed by atoms with Crippen LogP contribution in [0, 0.1) is 0 Å². The number of likely N-dealkylation sites (tertiary alicyclic amines) is 1. The lowest BCUT2D eigenvalue weighted by molar-refractivity contribution is -0.137. The lowest BCUT2D eigenvalue weighted by atomic mass is 10.0. The van der Waals surface area contributed by atoms with Crippen molar-refractivity contribution in [3.8, 4) is 0 Å². The summed E-state index contributed by atoms with van der Waals surface area (Å²) in [5.74, 6) is 0.923. The summed E-state index contributed by atoms with van der Waals surface area (Å²) in [6.45, 7) is 0.893. The second-order valence-electron chi connectivity index (χ2n) is 7.28. The van der Waals surface area contributed by atoms with Gasteiger partial charge in [0.05, 0.1) is 17.7 Å². The first-order chi connectivity index (χ1) is 14.7. The molecular formula is C20H24ClF3N6O. The molecular weight excluding hydrogens is 433 g/mol. The number of amidine groups is 1. The summed E-state index contributed by atoms with van der Waals surface area (Å²) in [6.07, 6.45) is -1.15. The van der Waals surface area contributed by atoms with Crippen molar-refractivity contribution in [2.75, 3.05) is 37.7 Å². The van der Waals surface area contributed by atoms with Crippen LogP contribution >= 0.6 is 11.6 Å². The minimum Gasteiger partial charge on any atom is -0.385 e. The number of hydrogen-bond acceptors (Lipinski definition) is 4. The van der Waals surface area contributed by atoms with Crippen molar-refractivity contribution in [3.05, 3.63) is 46.6 Å². The van der Waals surface area contributed by atoms with E-state index in [0.29, 0.717) is 24.7 Å². The maximum Gasteiger partial charge on any atom is 0.416 e. The maximum atomic E-state index is 13.0. The molecule has 3 rings (SSSR count). The molecule has 1 aliphatic heterocycles. The van der Waals surface area contributed by atoms with Crippen molar-refractivity contribution < 1.29 is 18.0 Å². The zero-order valence-corrected chi connectivity index (χ0v) is 17.6. The zero-order chi connectivity index (χ0) is 22.6. The Balaban J connectivity index is 1.59. The average Bonchev–Trinajstić information content (AvgIpc) is 3.15. The van der Waals surface area contributed by atoms with Gasteiger partial charge in [0.1, 0.15) is 11.7 Å². The van der Waals surface area contributed by atoms with Crippen molar-refractivity contribution >= 4 is 34.8 Å². The smallest absolute Gasteiger partial charge is 0.385 e. The number of nitrogens with one attached hydrogen (secondary N) is 3. The largest absolute Gasteiger partial charge is 0.416 e. The number of aromatic nitrogens is 1. The van der Waals surface area contributed by atoms with E-state index in [1.807, 2.05) is 6.07 Å².